The summed E-state index contributed by atoms with van der Waals surface area (Å²) in [5.74, 6) is 0.876. The van der Waals surface area contributed by atoms with Crippen LogP contribution in [0, 0.1) is 6.92 Å². The van der Waals surface area contributed by atoms with Gasteiger partial charge in [-0.25, -0.2) is 0 Å². The van der Waals surface area contributed by atoms with Crippen molar-refractivity contribution in [1.29, 1.82) is 0 Å². The lowest BCUT2D eigenvalue weighted by Crippen LogP contribution is -2.07. The summed E-state index contributed by atoms with van der Waals surface area (Å²) in [6, 6.07) is 5.73. The molecule has 0 bridgehead atoms. The first-order valence-corrected chi connectivity index (χ1v) is 5.30. The molecule has 0 aromatic heterocycles. The maximum atomic E-state index is 9.74. The fourth-order valence-electron chi connectivity index (χ4n) is 1.52. The Hall–Kier alpha value is -1.06. The van der Waals surface area contributed by atoms with Gasteiger partial charge in [0.15, 0.2) is 0 Å². The molecule has 1 aromatic rings. The van der Waals surface area contributed by atoms with E-state index in [0.29, 0.717) is 19.6 Å². The number of hydrogen-bond acceptors (Lipinski definition) is 3. The monoisotopic (exact) mass is 209 g/mol. The molecule has 3 N–H and O–H groups in total. The van der Waals surface area contributed by atoms with Gasteiger partial charge in [-0.1, -0.05) is 6.07 Å². The van der Waals surface area contributed by atoms with E-state index >= 15 is 0 Å². The molecule has 15 heavy (non-hydrogen) atoms. The summed E-state index contributed by atoms with van der Waals surface area (Å²) in [7, 11) is 0. The summed E-state index contributed by atoms with van der Waals surface area (Å²) in [6.07, 6.45) is 0.123. The standard InChI is InChI=1S/C12H19NO2/c1-3-15-12-5-4-10(8-9(12)2)11(14)6-7-13/h4-5,8,11,14H,3,6-7,13H2,1-2H3. The molecule has 0 spiro atoms. The number of benzene rings is 1. The minimum atomic E-state index is -0.468. The Bertz CT molecular complexity index is 312. The summed E-state index contributed by atoms with van der Waals surface area (Å²) in [5.41, 5.74) is 7.35. The maximum Gasteiger partial charge on any atom is 0.122 e. The Labute approximate surface area is 90.9 Å². The van der Waals surface area contributed by atoms with Gasteiger partial charge >= 0.3 is 0 Å². The first-order valence-electron chi connectivity index (χ1n) is 5.30. The molecule has 84 valence electrons. The van der Waals surface area contributed by atoms with Crippen LogP contribution in [0.1, 0.15) is 30.6 Å². The predicted molar refractivity (Wildman–Crippen MR) is 61.0 cm³/mol. The number of hydrogen-bond donors (Lipinski definition) is 2. The first-order chi connectivity index (χ1) is 7.19. The van der Waals surface area contributed by atoms with Crippen LogP contribution in [-0.2, 0) is 0 Å². The van der Waals surface area contributed by atoms with Crippen molar-refractivity contribution in [2.45, 2.75) is 26.4 Å². The third-order valence-corrected chi connectivity index (χ3v) is 2.32. The van der Waals surface area contributed by atoms with E-state index in [1.165, 1.54) is 0 Å². The van der Waals surface area contributed by atoms with E-state index in [1.54, 1.807) is 0 Å². The summed E-state index contributed by atoms with van der Waals surface area (Å²) >= 11 is 0. The van der Waals surface area contributed by atoms with Gasteiger partial charge in [0.25, 0.3) is 0 Å². The highest BCUT2D eigenvalue weighted by molar-refractivity contribution is 5.37. The fourth-order valence-corrected chi connectivity index (χ4v) is 1.52. The molecular formula is C12H19NO2. The molecule has 3 heteroatoms. The topological polar surface area (TPSA) is 55.5 Å². The molecule has 0 saturated carbocycles. The third kappa shape index (κ3) is 3.22. The normalized spacial score (nSPS) is 12.5. The lowest BCUT2D eigenvalue weighted by molar-refractivity contribution is 0.170. The molecule has 0 radical (unpaired) electrons. The Kier molecular flexibility index (Phi) is 4.59. The Balaban J connectivity index is 2.81. The second-order valence-electron chi connectivity index (χ2n) is 3.55. The van der Waals surface area contributed by atoms with Crippen LogP contribution in [0.15, 0.2) is 18.2 Å². The summed E-state index contributed by atoms with van der Waals surface area (Å²) < 4.78 is 5.43. The van der Waals surface area contributed by atoms with Crippen molar-refractivity contribution in [2.75, 3.05) is 13.2 Å². The number of rotatable bonds is 5. The maximum absolute atomic E-state index is 9.74. The average molecular weight is 209 g/mol. The highest BCUT2D eigenvalue weighted by Gasteiger charge is 2.08. The van der Waals surface area contributed by atoms with Crippen LogP contribution in [0.5, 0.6) is 5.75 Å². The molecule has 0 aliphatic rings. The number of aryl methyl sites for hydroxylation is 1. The van der Waals surface area contributed by atoms with Gasteiger partial charge in [-0.05, 0) is 50.1 Å². The third-order valence-electron chi connectivity index (χ3n) is 2.32. The largest absolute Gasteiger partial charge is 0.494 e. The van der Waals surface area contributed by atoms with Crippen LogP contribution in [0.3, 0.4) is 0 Å². The second-order valence-corrected chi connectivity index (χ2v) is 3.55. The van der Waals surface area contributed by atoms with Gasteiger partial charge in [0.1, 0.15) is 5.75 Å². The zero-order valence-electron chi connectivity index (χ0n) is 9.36. The van der Waals surface area contributed by atoms with Crippen LogP contribution in [0.4, 0.5) is 0 Å². The van der Waals surface area contributed by atoms with Crippen LogP contribution in [-0.4, -0.2) is 18.3 Å². The molecule has 1 atom stereocenters. The smallest absolute Gasteiger partial charge is 0.122 e. The number of ether oxygens (including phenoxy) is 1. The van der Waals surface area contributed by atoms with Gasteiger partial charge in [0, 0.05) is 0 Å². The molecule has 0 saturated heterocycles. The predicted octanol–water partition coefficient (Wildman–Crippen LogP) is 1.78. The van der Waals surface area contributed by atoms with Crippen molar-refractivity contribution in [1.82, 2.24) is 0 Å². The van der Waals surface area contributed by atoms with E-state index in [4.69, 9.17) is 10.5 Å². The molecule has 1 unspecified atom stereocenters. The van der Waals surface area contributed by atoms with E-state index in [1.807, 2.05) is 32.0 Å². The minimum Gasteiger partial charge on any atom is -0.494 e. The van der Waals surface area contributed by atoms with E-state index in [0.717, 1.165) is 16.9 Å². The summed E-state index contributed by atoms with van der Waals surface area (Å²) in [5, 5.41) is 9.74. The lowest BCUT2D eigenvalue weighted by atomic mass is 10.0. The number of aliphatic hydroxyl groups is 1. The van der Waals surface area contributed by atoms with Crippen LogP contribution < -0.4 is 10.5 Å². The SMILES string of the molecule is CCOc1ccc(C(O)CCN)cc1C. The molecule has 0 amide bonds. The molecular weight excluding hydrogens is 190 g/mol. The molecule has 0 fully saturated rings. The van der Waals surface area contributed by atoms with Crippen LogP contribution >= 0.6 is 0 Å². The number of nitrogens with two attached hydrogens (primary N) is 1. The van der Waals surface area contributed by atoms with Crippen LogP contribution in [0.25, 0.3) is 0 Å². The van der Waals surface area contributed by atoms with Gasteiger partial charge in [0.05, 0.1) is 12.7 Å². The lowest BCUT2D eigenvalue weighted by Gasteiger charge is -2.13. The van der Waals surface area contributed by atoms with Gasteiger partial charge < -0.3 is 15.6 Å². The highest BCUT2D eigenvalue weighted by atomic mass is 16.5. The molecule has 3 nitrogen and oxygen atoms in total. The van der Waals surface area contributed by atoms with Gasteiger partial charge in [-0.3, -0.25) is 0 Å². The Morgan fingerprint density at radius 3 is 2.73 bits per heavy atom. The zero-order chi connectivity index (χ0) is 11.3. The fraction of sp³-hybridized carbons (Fsp3) is 0.500. The second kappa shape index (κ2) is 5.73. The Morgan fingerprint density at radius 1 is 1.47 bits per heavy atom. The summed E-state index contributed by atoms with van der Waals surface area (Å²) in [4.78, 5) is 0. The molecule has 0 aliphatic carbocycles. The molecule has 0 aliphatic heterocycles. The van der Waals surface area contributed by atoms with Crippen molar-refractivity contribution in [2.24, 2.45) is 5.73 Å². The van der Waals surface area contributed by atoms with Crippen molar-refractivity contribution in [3.05, 3.63) is 29.3 Å². The van der Waals surface area contributed by atoms with E-state index < -0.39 is 6.10 Å². The van der Waals surface area contributed by atoms with Crippen molar-refractivity contribution < 1.29 is 9.84 Å². The van der Waals surface area contributed by atoms with Crippen molar-refractivity contribution in [3.8, 4) is 5.75 Å². The van der Waals surface area contributed by atoms with Crippen LogP contribution in [0.2, 0.25) is 0 Å². The molecule has 0 heterocycles. The average Bonchev–Trinajstić information content (AvgIpc) is 2.21. The van der Waals surface area contributed by atoms with Gasteiger partial charge in [0.2, 0.25) is 0 Å². The van der Waals surface area contributed by atoms with E-state index in [-0.39, 0.29) is 0 Å². The Morgan fingerprint density at radius 2 is 2.20 bits per heavy atom. The van der Waals surface area contributed by atoms with E-state index in [2.05, 4.69) is 0 Å². The zero-order valence-corrected chi connectivity index (χ0v) is 9.36. The first kappa shape index (κ1) is 12.0. The summed E-state index contributed by atoms with van der Waals surface area (Å²) in [6.45, 7) is 5.08. The van der Waals surface area contributed by atoms with Crippen molar-refractivity contribution in [3.63, 3.8) is 0 Å². The minimum absolute atomic E-state index is 0.468. The van der Waals surface area contributed by atoms with E-state index in [9.17, 15) is 5.11 Å². The van der Waals surface area contributed by atoms with Gasteiger partial charge in [-0.15, -0.1) is 0 Å². The van der Waals surface area contributed by atoms with Crippen molar-refractivity contribution >= 4 is 0 Å². The van der Waals surface area contributed by atoms with Gasteiger partial charge in [-0.2, -0.15) is 0 Å². The molecule has 1 rings (SSSR count). The molecule has 1 aromatic carbocycles. The highest BCUT2D eigenvalue weighted by Crippen LogP contribution is 2.24. The quantitative estimate of drug-likeness (QED) is 0.777. The number of aliphatic hydroxyl groups excluding tert-OH is 1.